The van der Waals surface area contributed by atoms with Gasteiger partial charge in [0.1, 0.15) is 18.1 Å². The van der Waals surface area contributed by atoms with E-state index in [9.17, 15) is 9.59 Å². The van der Waals surface area contributed by atoms with Gasteiger partial charge in [0.25, 0.3) is 5.91 Å². The third kappa shape index (κ3) is 4.14. The van der Waals surface area contributed by atoms with Crippen molar-refractivity contribution >= 4 is 17.6 Å². The summed E-state index contributed by atoms with van der Waals surface area (Å²) in [6.45, 7) is 2.50. The molecule has 0 aromatic heterocycles. The maximum atomic E-state index is 12.1. The van der Waals surface area contributed by atoms with E-state index in [1.165, 1.54) is 0 Å². The second-order valence-electron chi connectivity index (χ2n) is 6.24. The molecule has 0 radical (unpaired) electrons. The molecule has 0 spiro atoms. The highest BCUT2D eigenvalue weighted by atomic mass is 16.5. The molecule has 2 aromatic rings. The summed E-state index contributed by atoms with van der Waals surface area (Å²) in [6, 6.07) is 14.8. The summed E-state index contributed by atoms with van der Waals surface area (Å²) in [5.41, 5.74) is 1.70. The lowest BCUT2D eigenvalue weighted by Crippen LogP contribution is -2.41. The van der Waals surface area contributed by atoms with Crippen LogP contribution >= 0.6 is 0 Å². The highest BCUT2D eigenvalue weighted by Gasteiger charge is 2.24. The van der Waals surface area contributed by atoms with Crippen LogP contribution < -0.4 is 14.4 Å². The van der Waals surface area contributed by atoms with Gasteiger partial charge in [-0.25, -0.2) is 0 Å². The number of nitrogens with zero attached hydrogens (tertiary/aromatic N) is 1. The highest BCUT2D eigenvalue weighted by Crippen LogP contribution is 2.31. The number of fused-ring (bicyclic) bond motifs is 1. The van der Waals surface area contributed by atoms with Crippen molar-refractivity contribution in [3.63, 3.8) is 0 Å². The van der Waals surface area contributed by atoms with Crippen LogP contribution in [0.5, 0.6) is 11.5 Å². The van der Waals surface area contributed by atoms with Crippen LogP contribution in [0.25, 0.3) is 0 Å². The molecule has 1 aliphatic heterocycles. The molecule has 2 aromatic carbocycles. The monoisotopic (exact) mass is 355 g/mol. The van der Waals surface area contributed by atoms with Crippen LogP contribution in [0.15, 0.2) is 48.5 Å². The highest BCUT2D eigenvalue weighted by molar-refractivity contribution is 5.97. The molecule has 3 rings (SSSR count). The smallest absolute Gasteiger partial charge is 0.306 e. The van der Waals surface area contributed by atoms with Gasteiger partial charge in [0, 0.05) is 0 Å². The van der Waals surface area contributed by atoms with Crippen LogP contribution in [0.4, 0.5) is 5.69 Å². The Morgan fingerprint density at radius 2 is 1.96 bits per heavy atom. The first-order valence-electron chi connectivity index (χ1n) is 8.51. The minimum absolute atomic E-state index is 0.0352. The van der Waals surface area contributed by atoms with E-state index in [0.717, 1.165) is 11.3 Å². The van der Waals surface area contributed by atoms with E-state index in [1.54, 1.807) is 11.8 Å². The number of ether oxygens (including phenoxy) is 2. The van der Waals surface area contributed by atoms with Crippen LogP contribution in [-0.2, 0) is 16.0 Å². The summed E-state index contributed by atoms with van der Waals surface area (Å²) in [5, 5.41) is 8.96. The van der Waals surface area contributed by atoms with E-state index in [0.29, 0.717) is 31.1 Å². The van der Waals surface area contributed by atoms with Crippen molar-refractivity contribution in [2.45, 2.75) is 13.3 Å². The molecule has 1 amide bonds. The van der Waals surface area contributed by atoms with Crippen molar-refractivity contribution in [2.24, 2.45) is 5.92 Å². The van der Waals surface area contributed by atoms with Crippen molar-refractivity contribution in [3.8, 4) is 11.5 Å². The lowest BCUT2D eigenvalue weighted by atomic mass is 10.0. The van der Waals surface area contributed by atoms with Crippen LogP contribution in [0.3, 0.4) is 0 Å². The number of carbonyl (C=O) groups excluding carboxylic acids is 1. The maximum Gasteiger partial charge on any atom is 0.306 e. The molecule has 0 saturated carbocycles. The number of anilines is 1. The lowest BCUT2D eigenvalue weighted by Gasteiger charge is -2.29. The number of amides is 1. The molecule has 1 N–H and O–H groups in total. The Hall–Kier alpha value is -3.02. The summed E-state index contributed by atoms with van der Waals surface area (Å²) >= 11 is 0. The number of hydrogen-bond donors (Lipinski definition) is 1. The normalized spacial score (nSPS) is 14.3. The van der Waals surface area contributed by atoms with Crippen molar-refractivity contribution in [1.29, 1.82) is 0 Å². The molecule has 1 heterocycles. The average molecular weight is 355 g/mol. The van der Waals surface area contributed by atoms with Crippen molar-refractivity contribution in [1.82, 2.24) is 0 Å². The van der Waals surface area contributed by atoms with E-state index >= 15 is 0 Å². The number of benzene rings is 2. The minimum Gasteiger partial charge on any atom is -0.492 e. The molecule has 1 atom stereocenters. The minimum atomic E-state index is -0.805. The van der Waals surface area contributed by atoms with Gasteiger partial charge in [0.15, 0.2) is 6.61 Å². The molecular weight excluding hydrogens is 334 g/mol. The molecule has 0 aliphatic carbocycles. The summed E-state index contributed by atoms with van der Waals surface area (Å²) in [6.07, 6.45) is 0.481. The molecule has 0 bridgehead atoms. The van der Waals surface area contributed by atoms with Gasteiger partial charge < -0.3 is 19.5 Å². The third-order valence-electron chi connectivity index (χ3n) is 4.28. The molecule has 6 heteroatoms. The van der Waals surface area contributed by atoms with Crippen LogP contribution in [0.2, 0.25) is 0 Å². The zero-order valence-corrected chi connectivity index (χ0v) is 14.6. The number of aliphatic carboxylic acids is 1. The van der Waals surface area contributed by atoms with Gasteiger partial charge in [0.05, 0.1) is 18.2 Å². The van der Waals surface area contributed by atoms with Gasteiger partial charge in [-0.05, 0) is 36.2 Å². The fraction of sp³-hybridized carbons (Fsp3) is 0.300. The molecule has 6 nitrogen and oxygen atoms in total. The summed E-state index contributed by atoms with van der Waals surface area (Å²) in [5.74, 6) is 0.0648. The topological polar surface area (TPSA) is 76.1 Å². The fourth-order valence-electron chi connectivity index (χ4n) is 2.82. The number of carboxylic acids is 1. The number of rotatable bonds is 7. The van der Waals surface area contributed by atoms with Gasteiger partial charge in [-0.1, -0.05) is 31.2 Å². The molecule has 136 valence electrons. The largest absolute Gasteiger partial charge is 0.492 e. The van der Waals surface area contributed by atoms with Gasteiger partial charge >= 0.3 is 5.97 Å². The van der Waals surface area contributed by atoms with Crippen LogP contribution in [0, 0.1) is 5.92 Å². The predicted octanol–water partition coefficient (Wildman–Crippen LogP) is 2.75. The maximum absolute atomic E-state index is 12.1. The lowest BCUT2D eigenvalue weighted by molar-refractivity contribution is -0.141. The Kier molecular flexibility index (Phi) is 5.41. The Bertz CT molecular complexity index is 787. The summed E-state index contributed by atoms with van der Waals surface area (Å²) in [4.78, 5) is 24.7. The van der Waals surface area contributed by atoms with E-state index in [2.05, 4.69) is 0 Å². The van der Waals surface area contributed by atoms with Gasteiger partial charge in [-0.3, -0.25) is 9.59 Å². The predicted molar refractivity (Wildman–Crippen MR) is 96.7 cm³/mol. The number of hydrogen-bond acceptors (Lipinski definition) is 4. The van der Waals surface area contributed by atoms with Crippen molar-refractivity contribution in [2.75, 3.05) is 24.7 Å². The first-order chi connectivity index (χ1) is 12.5. The fourth-order valence-corrected chi connectivity index (χ4v) is 2.82. The second-order valence-corrected chi connectivity index (χ2v) is 6.24. The number of para-hydroxylation sites is 2. The van der Waals surface area contributed by atoms with E-state index in [1.807, 2.05) is 48.5 Å². The second kappa shape index (κ2) is 7.91. The van der Waals surface area contributed by atoms with E-state index in [-0.39, 0.29) is 12.5 Å². The standard InChI is InChI=1S/C20H21NO5/c1-14(20(23)24)12-15-6-8-16(9-7-15)25-11-10-21-17-4-2-3-5-18(17)26-13-19(21)22/h2-9,14H,10-13H2,1H3,(H,23,24). The molecule has 1 aliphatic rings. The van der Waals surface area contributed by atoms with Crippen LogP contribution in [0.1, 0.15) is 12.5 Å². The molecule has 1 unspecified atom stereocenters. The summed E-state index contributed by atoms with van der Waals surface area (Å²) < 4.78 is 11.1. The van der Waals surface area contributed by atoms with E-state index < -0.39 is 11.9 Å². The molecule has 0 fully saturated rings. The van der Waals surface area contributed by atoms with Crippen molar-refractivity contribution in [3.05, 3.63) is 54.1 Å². The van der Waals surface area contributed by atoms with Gasteiger partial charge in [-0.15, -0.1) is 0 Å². The zero-order valence-electron chi connectivity index (χ0n) is 14.6. The first-order valence-corrected chi connectivity index (χ1v) is 8.51. The molecule has 0 saturated heterocycles. The Morgan fingerprint density at radius 1 is 1.23 bits per heavy atom. The Balaban J connectivity index is 1.55. The van der Waals surface area contributed by atoms with Crippen LogP contribution in [-0.4, -0.2) is 36.7 Å². The SMILES string of the molecule is CC(Cc1ccc(OCCN2C(=O)COc3ccccc32)cc1)C(=O)O. The van der Waals surface area contributed by atoms with Crippen molar-refractivity contribution < 1.29 is 24.2 Å². The Labute approximate surface area is 152 Å². The van der Waals surface area contributed by atoms with Gasteiger partial charge in [-0.2, -0.15) is 0 Å². The molecule has 26 heavy (non-hydrogen) atoms. The van der Waals surface area contributed by atoms with Gasteiger partial charge in [0.2, 0.25) is 0 Å². The summed E-state index contributed by atoms with van der Waals surface area (Å²) in [7, 11) is 0. The quantitative estimate of drug-likeness (QED) is 0.826. The zero-order chi connectivity index (χ0) is 18.5. The van der Waals surface area contributed by atoms with E-state index in [4.69, 9.17) is 14.6 Å². The molecular formula is C20H21NO5. The third-order valence-corrected chi connectivity index (χ3v) is 4.28. The first kappa shape index (κ1) is 17.8. The number of carbonyl (C=O) groups is 2. The average Bonchev–Trinajstić information content (AvgIpc) is 2.65. The Morgan fingerprint density at radius 3 is 2.69 bits per heavy atom. The number of carboxylic acid groups (broad SMARTS) is 1.